The van der Waals surface area contributed by atoms with E-state index < -0.39 is 0 Å². The lowest BCUT2D eigenvalue weighted by Crippen LogP contribution is -2.43. The van der Waals surface area contributed by atoms with Gasteiger partial charge in [-0.05, 0) is 44.7 Å². The fourth-order valence-electron chi connectivity index (χ4n) is 2.89. The molecule has 21 heavy (non-hydrogen) atoms. The Hall–Kier alpha value is -1.78. The molecule has 0 bridgehead atoms. The summed E-state index contributed by atoms with van der Waals surface area (Å²) in [4.78, 5) is 26.2. The number of hydrogen-bond acceptors (Lipinski definition) is 3. The van der Waals surface area contributed by atoms with E-state index in [9.17, 15) is 9.59 Å². The third kappa shape index (κ3) is 3.28. The Bertz CT molecular complexity index is 500. The Morgan fingerprint density at radius 3 is 2.52 bits per heavy atom. The van der Waals surface area contributed by atoms with Gasteiger partial charge in [0.2, 0.25) is 11.8 Å². The molecule has 0 radical (unpaired) electrons. The molecule has 0 aromatic carbocycles. The molecule has 3 rings (SSSR count). The maximum Gasteiger partial charge on any atom is 0.225 e. The highest BCUT2D eigenvalue weighted by atomic mass is 16.3. The number of furan rings is 1. The minimum absolute atomic E-state index is 0.00525. The first kappa shape index (κ1) is 14.2. The molecule has 2 fully saturated rings. The Labute approximate surface area is 124 Å². The van der Waals surface area contributed by atoms with Crippen molar-refractivity contribution in [1.82, 2.24) is 10.2 Å². The van der Waals surface area contributed by atoms with Crippen molar-refractivity contribution in [1.29, 1.82) is 0 Å². The third-order valence-electron chi connectivity index (χ3n) is 4.43. The Balaban J connectivity index is 1.47. The zero-order valence-electron chi connectivity index (χ0n) is 12.4. The van der Waals surface area contributed by atoms with Crippen LogP contribution in [0.4, 0.5) is 0 Å². The van der Waals surface area contributed by atoms with E-state index in [1.165, 1.54) is 0 Å². The van der Waals surface area contributed by atoms with Crippen LogP contribution in [0.5, 0.6) is 0 Å². The standard InChI is InChI=1S/C16H22N2O3/c1-11(14-3-2-10-21-14)17-15(19)12-6-8-18(9-7-12)16(20)13-4-5-13/h2-3,10-13H,4-9H2,1H3,(H,17,19)/t11-/m1/s1. The summed E-state index contributed by atoms with van der Waals surface area (Å²) >= 11 is 0. The van der Waals surface area contributed by atoms with Crippen molar-refractivity contribution in [2.75, 3.05) is 13.1 Å². The largest absolute Gasteiger partial charge is 0.467 e. The van der Waals surface area contributed by atoms with Crippen molar-refractivity contribution in [3.8, 4) is 0 Å². The fourth-order valence-corrected chi connectivity index (χ4v) is 2.89. The zero-order chi connectivity index (χ0) is 14.8. The van der Waals surface area contributed by atoms with Gasteiger partial charge >= 0.3 is 0 Å². The van der Waals surface area contributed by atoms with E-state index in [0.717, 1.165) is 31.4 Å². The highest BCUT2D eigenvalue weighted by Crippen LogP contribution is 2.32. The SMILES string of the molecule is C[C@@H](NC(=O)C1CCN(C(=O)C2CC2)CC1)c1ccco1. The van der Waals surface area contributed by atoms with Gasteiger partial charge in [-0.25, -0.2) is 0 Å². The summed E-state index contributed by atoms with van der Waals surface area (Å²) in [7, 11) is 0. The summed E-state index contributed by atoms with van der Waals surface area (Å²) in [6.07, 6.45) is 5.21. The molecule has 2 aliphatic rings. The van der Waals surface area contributed by atoms with E-state index in [1.54, 1.807) is 6.26 Å². The molecule has 5 nitrogen and oxygen atoms in total. The monoisotopic (exact) mass is 290 g/mol. The van der Waals surface area contributed by atoms with Crippen LogP contribution in [0.3, 0.4) is 0 Å². The molecule has 114 valence electrons. The predicted molar refractivity (Wildman–Crippen MR) is 77.3 cm³/mol. The lowest BCUT2D eigenvalue weighted by molar-refractivity contribution is -0.136. The first-order valence-electron chi connectivity index (χ1n) is 7.77. The molecule has 1 aromatic rings. The third-order valence-corrected chi connectivity index (χ3v) is 4.43. The van der Waals surface area contributed by atoms with Crippen LogP contribution in [0, 0.1) is 11.8 Å². The van der Waals surface area contributed by atoms with Gasteiger partial charge in [0, 0.05) is 24.9 Å². The molecule has 1 atom stereocenters. The number of hydrogen-bond donors (Lipinski definition) is 1. The molecule has 0 unspecified atom stereocenters. The van der Waals surface area contributed by atoms with Crippen molar-refractivity contribution < 1.29 is 14.0 Å². The molecule has 1 aliphatic carbocycles. The predicted octanol–water partition coefficient (Wildman–Crippen LogP) is 2.11. The molecule has 1 N–H and O–H groups in total. The summed E-state index contributed by atoms with van der Waals surface area (Å²) < 4.78 is 5.30. The van der Waals surface area contributed by atoms with Crippen molar-refractivity contribution in [3.05, 3.63) is 24.2 Å². The maximum atomic E-state index is 12.3. The van der Waals surface area contributed by atoms with Crippen molar-refractivity contribution in [2.45, 2.75) is 38.6 Å². The summed E-state index contributed by atoms with van der Waals surface area (Å²) in [5.74, 6) is 1.40. The summed E-state index contributed by atoms with van der Waals surface area (Å²) in [6.45, 7) is 3.34. The number of nitrogens with one attached hydrogen (secondary N) is 1. The second-order valence-corrected chi connectivity index (χ2v) is 6.12. The Morgan fingerprint density at radius 2 is 1.95 bits per heavy atom. The number of likely N-dealkylation sites (tertiary alicyclic amines) is 1. The number of rotatable bonds is 4. The summed E-state index contributed by atoms with van der Waals surface area (Å²) in [5.41, 5.74) is 0. The number of carbonyl (C=O) groups is 2. The molecule has 1 saturated carbocycles. The normalized spacial score (nSPS) is 21.1. The van der Waals surface area contributed by atoms with Gasteiger partial charge in [0.25, 0.3) is 0 Å². The van der Waals surface area contributed by atoms with Crippen LogP contribution in [0.15, 0.2) is 22.8 Å². The molecule has 1 saturated heterocycles. The molecule has 1 aromatic heterocycles. The average Bonchev–Trinajstić information content (AvgIpc) is 3.20. The number of amides is 2. The van der Waals surface area contributed by atoms with Crippen LogP contribution in [0.25, 0.3) is 0 Å². The molecule has 2 heterocycles. The Morgan fingerprint density at radius 1 is 1.24 bits per heavy atom. The van der Waals surface area contributed by atoms with Gasteiger partial charge < -0.3 is 14.6 Å². The van der Waals surface area contributed by atoms with Crippen LogP contribution in [-0.4, -0.2) is 29.8 Å². The van der Waals surface area contributed by atoms with Gasteiger partial charge in [0.15, 0.2) is 0 Å². The first-order chi connectivity index (χ1) is 10.1. The molecule has 2 amide bonds. The van der Waals surface area contributed by atoms with Crippen LogP contribution in [0.2, 0.25) is 0 Å². The van der Waals surface area contributed by atoms with Crippen LogP contribution >= 0.6 is 0 Å². The highest BCUT2D eigenvalue weighted by molar-refractivity contribution is 5.82. The van der Waals surface area contributed by atoms with Crippen molar-refractivity contribution >= 4 is 11.8 Å². The van der Waals surface area contributed by atoms with Gasteiger partial charge in [-0.3, -0.25) is 9.59 Å². The molecule has 5 heteroatoms. The second-order valence-electron chi connectivity index (χ2n) is 6.12. The number of nitrogens with zero attached hydrogens (tertiary/aromatic N) is 1. The van der Waals surface area contributed by atoms with Gasteiger partial charge in [-0.1, -0.05) is 0 Å². The first-order valence-corrected chi connectivity index (χ1v) is 7.77. The molecule has 1 aliphatic heterocycles. The highest BCUT2D eigenvalue weighted by Gasteiger charge is 2.36. The molecular weight excluding hydrogens is 268 g/mol. The van der Waals surface area contributed by atoms with Crippen LogP contribution < -0.4 is 5.32 Å². The maximum absolute atomic E-state index is 12.3. The van der Waals surface area contributed by atoms with E-state index in [2.05, 4.69) is 5.32 Å². The van der Waals surface area contributed by atoms with E-state index in [1.807, 2.05) is 24.0 Å². The van der Waals surface area contributed by atoms with E-state index in [4.69, 9.17) is 4.42 Å². The summed E-state index contributed by atoms with van der Waals surface area (Å²) in [6, 6.07) is 3.57. The van der Waals surface area contributed by atoms with E-state index in [0.29, 0.717) is 13.1 Å². The van der Waals surface area contributed by atoms with Crippen LogP contribution in [-0.2, 0) is 9.59 Å². The van der Waals surface area contributed by atoms with Gasteiger partial charge in [0.1, 0.15) is 5.76 Å². The average molecular weight is 290 g/mol. The Kier molecular flexibility index (Phi) is 3.99. The van der Waals surface area contributed by atoms with E-state index in [-0.39, 0.29) is 29.7 Å². The van der Waals surface area contributed by atoms with E-state index >= 15 is 0 Å². The van der Waals surface area contributed by atoms with Crippen LogP contribution in [0.1, 0.15) is 44.4 Å². The minimum Gasteiger partial charge on any atom is -0.467 e. The molecule has 0 spiro atoms. The lowest BCUT2D eigenvalue weighted by Gasteiger charge is -2.32. The number of carbonyl (C=O) groups excluding carboxylic acids is 2. The van der Waals surface area contributed by atoms with Gasteiger partial charge in [0.05, 0.1) is 12.3 Å². The lowest BCUT2D eigenvalue weighted by atomic mass is 9.95. The number of piperidine rings is 1. The molecular formula is C16H22N2O3. The minimum atomic E-state index is -0.112. The summed E-state index contributed by atoms with van der Waals surface area (Å²) in [5, 5.41) is 3.00. The quantitative estimate of drug-likeness (QED) is 0.923. The fraction of sp³-hybridized carbons (Fsp3) is 0.625. The smallest absolute Gasteiger partial charge is 0.225 e. The van der Waals surface area contributed by atoms with Crippen molar-refractivity contribution in [2.24, 2.45) is 11.8 Å². The second kappa shape index (κ2) is 5.92. The van der Waals surface area contributed by atoms with Gasteiger partial charge in [-0.15, -0.1) is 0 Å². The topological polar surface area (TPSA) is 62.6 Å². The zero-order valence-corrected chi connectivity index (χ0v) is 12.4. The van der Waals surface area contributed by atoms with Gasteiger partial charge in [-0.2, -0.15) is 0 Å². The van der Waals surface area contributed by atoms with Crippen molar-refractivity contribution in [3.63, 3.8) is 0 Å².